The number of ketones is 1. The van der Waals surface area contributed by atoms with Crippen LogP contribution in [0.4, 0.5) is 5.69 Å². The maximum absolute atomic E-state index is 11.4. The SMILES string of the molecule is CC(=O)c1cccc(OC[C@H](O)CN2CCN(c3ccccc3C)CC2)c1. The minimum absolute atomic E-state index is 0.00697. The van der Waals surface area contributed by atoms with Crippen LogP contribution in [0, 0.1) is 6.92 Å². The zero-order valence-corrected chi connectivity index (χ0v) is 16.1. The molecule has 0 aromatic heterocycles. The minimum atomic E-state index is -0.559. The topological polar surface area (TPSA) is 53.0 Å². The van der Waals surface area contributed by atoms with Gasteiger partial charge in [-0.3, -0.25) is 9.69 Å². The van der Waals surface area contributed by atoms with Crippen LogP contribution >= 0.6 is 0 Å². The van der Waals surface area contributed by atoms with Gasteiger partial charge in [0.2, 0.25) is 0 Å². The number of nitrogens with zero attached hydrogens (tertiary/aromatic N) is 2. The molecule has 27 heavy (non-hydrogen) atoms. The van der Waals surface area contributed by atoms with Crippen molar-refractivity contribution in [2.45, 2.75) is 20.0 Å². The summed E-state index contributed by atoms with van der Waals surface area (Å²) < 4.78 is 5.67. The van der Waals surface area contributed by atoms with Crippen LogP contribution in [0.25, 0.3) is 0 Å². The number of piperazine rings is 1. The van der Waals surface area contributed by atoms with Crippen molar-refractivity contribution in [2.75, 3.05) is 44.2 Å². The molecular weight excluding hydrogens is 340 g/mol. The Morgan fingerprint density at radius 1 is 1.11 bits per heavy atom. The first kappa shape index (κ1) is 19.4. The highest BCUT2D eigenvalue weighted by molar-refractivity contribution is 5.94. The van der Waals surface area contributed by atoms with Crippen molar-refractivity contribution in [2.24, 2.45) is 0 Å². The molecule has 5 nitrogen and oxygen atoms in total. The van der Waals surface area contributed by atoms with Gasteiger partial charge in [-0.1, -0.05) is 30.3 Å². The van der Waals surface area contributed by atoms with E-state index in [2.05, 4.69) is 41.0 Å². The van der Waals surface area contributed by atoms with Gasteiger partial charge in [0, 0.05) is 44.0 Å². The smallest absolute Gasteiger partial charge is 0.159 e. The molecule has 1 saturated heterocycles. The third-order valence-electron chi connectivity index (χ3n) is 4.98. The van der Waals surface area contributed by atoms with Gasteiger partial charge in [0.25, 0.3) is 0 Å². The predicted molar refractivity (Wildman–Crippen MR) is 108 cm³/mol. The molecular formula is C22H28N2O3. The number of ether oxygens (including phenoxy) is 1. The third kappa shape index (κ3) is 5.31. The number of aliphatic hydroxyl groups is 1. The highest BCUT2D eigenvalue weighted by atomic mass is 16.5. The Hall–Kier alpha value is -2.37. The van der Waals surface area contributed by atoms with E-state index in [1.54, 1.807) is 24.3 Å². The van der Waals surface area contributed by atoms with Crippen LogP contribution in [-0.2, 0) is 0 Å². The fraction of sp³-hybridized carbons (Fsp3) is 0.409. The van der Waals surface area contributed by atoms with E-state index in [0.29, 0.717) is 17.9 Å². The quantitative estimate of drug-likeness (QED) is 0.762. The molecule has 1 aliphatic heterocycles. The Balaban J connectivity index is 1.44. The van der Waals surface area contributed by atoms with Crippen molar-refractivity contribution < 1.29 is 14.6 Å². The number of carbonyl (C=O) groups is 1. The van der Waals surface area contributed by atoms with Crippen LogP contribution < -0.4 is 9.64 Å². The van der Waals surface area contributed by atoms with Crippen molar-refractivity contribution in [3.05, 3.63) is 59.7 Å². The second kappa shape index (κ2) is 9.02. The first-order valence-electron chi connectivity index (χ1n) is 9.48. The molecule has 0 bridgehead atoms. The third-order valence-corrected chi connectivity index (χ3v) is 4.98. The van der Waals surface area contributed by atoms with Crippen LogP contribution in [0.15, 0.2) is 48.5 Å². The molecule has 2 aromatic rings. The molecule has 3 rings (SSSR count). The minimum Gasteiger partial charge on any atom is -0.491 e. The van der Waals surface area contributed by atoms with Gasteiger partial charge in [0.1, 0.15) is 18.5 Å². The second-order valence-electron chi connectivity index (χ2n) is 7.12. The molecule has 1 aliphatic rings. The van der Waals surface area contributed by atoms with Gasteiger partial charge in [-0.05, 0) is 37.6 Å². The van der Waals surface area contributed by atoms with Crippen molar-refractivity contribution in [1.82, 2.24) is 4.90 Å². The highest BCUT2D eigenvalue weighted by Crippen LogP contribution is 2.21. The number of β-amino-alcohol motifs (C(OH)–C–C–N with tert-alkyl or cyclic N) is 1. The van der Waals surface area contributed by atoms with E-state index < -0.39 is 6.10 Å². The fourth-order valence-electron chi connectivity index (χ4n) is 3.44. The monoisotopic (exact) mass is 368 g/mol. The largest absolute Gasteiger partial charge is 0.491 e. The summed E-state index contributed by atoms with van der Waals surface area (Å²) in [4.78, 5) is 16.1. The number of anilines is 1. The Morgan fingerprint density at radius 3 is 2.56 bits per heavy atom. The number of hydrogen-bond acceptors (Lipinski definition) is 5. The molecule has 0 radical (unpaired) electrons. The molecule has 0 aliphatic carbocycles. The second-order valence-corrected chi connectivity index (χ2v) is 7.12. The summed E-state index contributed by atoms with van der Waals surface area (Å²) in [6, 6.07) is 15.5. The molecule has 5 heteroatoms. The molecule has 1 fully saturated rings. The summed E-state index contributed by atoms with van der Waals surface area (Å²) in [7, 11) is 0. The number of Topliss-reactive ketones (excluding diaryl/α,β-unsaturated/α-hetero) is 1. The number of para-hydroxylation sites is 1. The first-order chi connectivity index (χ1) is 13.0. The lowest BCUT2D eigenvalue weighted by Crippen LogP contribution is -2.49. The average molecular weight is 368 g/mol. The van der Waals surface area contributed by atoms with Gasteiger partial charge in [-0.2, -0.15) is 0 Å². The molecule has 0 amide bonds. The first-order valence-corrected chi connectivity index (χ1v) is 9.48. The van der Waals surface area contributed by atoms with Crippen LogP contribution in [-0.4, -0.2) is 61.2 Å². The maximum Gasteiger partial charge on any atom is 0.159 e. The van der Waals surface area contributed by atoms with Gasteiger partial charge in [-0.15, -0.1) is 0 Å². The zero-order valence-electron chi connectivity index (χ0n) is 16.1. The van der Waals surface area contributed by atoms with Crippen molar-refractivity contribution >= 4 is 11.5 Å². The lowest BCUT2D eigenvalue weighted by molar-refractivity contribution is 0.0662. The maximum atomic E-state index is 11.4. The van der Waals surface area contributed by atoms with Crippen LogP contribution in [0.5, 0.6) is 5.75 Å². The molecule has 1 atom stereocenters. The average Bonchev–Trinajstić information content (AvgIpc) is 2.68. The highest BCUT2D eigenvalue weighted by Gasteiger charge is 2.20. The predicted octanol–water partition coefficient (Wildman–Crippen LogP) is 2.76. The molecule has 0 spiro atoms. The Bertz CT molecular complexity index is 770. The van der Waals surface area contributed by atoms with E-state index >= 15 is 0 Å². The zero-order chi connectivity index (χ0) is 19.2. The number of aryl methyl sites for hydroxylation is 1. The number of aliphatic hydroxyl groups excluding tert-OH is 1. The number of rotatable bonds is 7. The van der Waals surface area contributed by atoms with Gasteiger partial charge in [-0.25, -0.2) is 0 Å². The summed E-state index contributed by atoms with van der Waals surface area (Å²) in [5.74, 6) is 0.624. The van der Waals surface area contributed by atoms with E-state index in [9.17, 15) is 9.90 Å². The molecule has 144 valence electrons. The van der Waals surface area contributed by atoms with Crippen molar-refractivity contribution in [3.8, 4) is 5.75 Å². The lowest BCUT2D eigenvalue weighted by Gasteiger charge is -2.37. The van der Waals surface area contributed by atoms with Gasteiger partial charge in [0.05, 0.1) is 0 Å². The number of benzene rings is 2. The molecule has 1 heterocycles. The van der Waals surface area contributed by atoms with Crippen LogP contribution in [0.1, 0.15) is 22.8 Å². The summed E-state index contributed by atoms with van der Waals surface area (Å²) in [6.45, 7) is 8.25. The standard InChI is InChI=1S/C22H28N2O3/c1-17-6-3-4-9-22(17)24-12-10-23(11-13-24)15-20(26)16-27-21-8-5-7-19(14-21)18(2)25/h3-9,14,20,26H,10-13,15-16H2,1-2H3/t20-/m1/s1. The van der Waals surface area contributed by atoms with Crippen LogP contribution in [0.2, 0.25) is 0 Å². The summed E-state index contributed by atoms with van der Waals surface area (Å²) in [6.07, 6.45) is -0.559. The van der Waals surface area contributed by atoms with Crippen molar-refractivity contribution in [1.29, 1.82) is 0 Å². The Morgan fingerprint density at radius 2 is 1.85 bits per heavy atom. The van der Waals surface area contributed by atoms with Gasteiger partial charge in [0.15, 0.2) is 5.78 Å². The molecule has 2 aromatic carbocycles. The normalized spacial score (nSPS) is 16.2. The summed E-state index contributed by atoms with van der Waals surface area (Å²) >= 11 is 0. The number of hydrogen-bond donors (Lipinski definition) is 1. The lowest BCUT2D eigenvalue weighted by atomic mass is 10.1. The molecule has 1 N–H and O–H groups in total. The Labute approximate surface area is 161 Å². The van der Waals surface area contributed by atoms with Gasteiger partial charge >= 0.3 is 0 Å². The van der Waals surface area contributed by atoms with E-state index in [1.807, 2.05) is 0 Å². The molecule has 0 unspecified atom stereocenters. The van der Waals surface area contributed by atoms with E-state index in [0.717, 1.165) is 26.2 Å². The van der Waals surface area contributed by atoms with Gasteiger partial charge < -0.3 is 14.7 Å². The van der Waals surface area contributed by atoms with E-state index in [-0.39, 0.29) is 12.4 Å². The number of carbonyl (C=O) groups excluding carboxylic acids is 1. The summed E-state index contributed by atoms with van der Waals surface area (Å²) in [5.41, 5.74) is 3.22. The summed E-state index contributed by atoms with van der Waals surface area (Å²) in [5, 5.41) is 10.3. The van der Waals surface area contributed by atoms with E-state index in [4.69, 9.17) is 4.74 Å². The van der Waals surface area contributed by atoms with Crippen molar-refractivity contribution in [3.63, 3.8) is 0 Å². The molecule has 0 saturated carbocycles. The van der Waals surface area contributed by atoms with Crippen LogP contribution in [0.3, 0.4) is 0 Å². The Kier molecular flexibility index (Phi) is 6.48. The van der Waals surface area contributed by atoms with E-state index in [1.165, 1.54) is 18.2 Å². The fourth-order valence-corrected chi connectivity index (χ4v) is 3.44.